The summed E-state index contributed by atoms with van der Waals surface area (Å²) in [6, 6.07) is 7.46. The molecule has 4 rings (SSSR count). The number of piperazine rings is 1. The summed E-state index contributed by atoms with van der Waals surface area (Å²) >= 11 is 1.68. The van der Waals surface area contributed by atoms with Gasteiger partial charge in [0.1, 0.15) is 11.3 Å². The Morgan fingerprint density at radius 2 is 2.04 bits per heavy atom. The smallest absolute Gasteiger partial charge is 0.289 e. The van der Waals surface area contributed by atoms with Crippen molar-refractivity contribution in [3.8, 4) is 5.75 Å². The van der Waals surface area contributed by atoms with Crippen LogP contribution >= 0.6 is 11.3 Å². The molecule has 130 valence electrons. The van der Waals surface area contributed by atoms with Crippen LogP contribution in [0.25, 0.3) is 10.2 Å². The summed E-state index contributed by atoms with van der Waals surface area (Å²) in [6.45, 7) is 4.92. The number of methoxy groups -OCH3 is 1. The maximum atomic E-state index is 12.4. The summed E-state index contributed by atoms with van der Waals surface area (Å²) in [7, 11) is 1.67. The number of carbonyl (C=O) groups excluding carboxylic acids is 1. The lowest BCUT2D eigenvalue weighted by molar-refractivity contribution is 0.0714. The first kappa shape index (κ1) is 16.0. The number of aryl methyl sites for hydroxylation is 1. The minimum Gasteiger partial charge on any atom is -0.494 e. The fourth-order valence-electron chi connectivity index (χ4n) is 3.06. The van der Waals surface area contributed by atoms with Gasteiger partial charge in [-0.1, -0.05) is 17.4 Å². The van der Waals surface area contributed by atoms with Gasteiger partial charge in [-0.05, 0) is 30.7 Å². The zero-order valence-electron chi connectivity index (χ0n) is 14.2. The molecule has 0 aliphatic carbocycles. The Balaban J connectivity index is 1.52. The van der Waals surface area contributed by atoms with Crippen molar-refractivity contribution in [1.82, 2.24) is 9.88 Å². The highest BCUT2D eigenvalue weighted by atomic mass is 32.1. The van der Waals surface area contributed by atoms with Gasteiger partial charge in [-0.25, -0.2) is 4.98 Å². The van der Waals surface area contributed by atoms with Crippen LogP contribution in [-0.4, -0.2) is 49.1 Å². The molecule has 0 spiro atoms. The van der Waals surface area contributed by atoms with Crippen LogP contribution in [0, 0.1) is 6.92 Å². The first-order valence-electron chi connectivity index (χ1n) is 8.19. The second-order valence-electron chi connectivity index (χ2n) is 6.02. The summed E-state index contributed by atoms with van der Waals surface area (Å²) in [4.78, 5) is 21.2. The molecular weight excluding hydrogens is 338 g/mol. The molecule has 7 heteroatoms. The number of aromatic nitrogens is 1. The van der Waals surface area contributed by atoms with Crippen molar-refractivity contribution in [2.24, 2.45) is 0 Å². The molecule has 1 saturated heterocycles. The number of nitrogens with zero attached hydrogens (tertiary/aromatic N) is 3. The van der Waals surface area contributed by atoms with Crippen LogP contribution in [0.5, 0.6) is 5.75 Å². The zero-order valence-corrected chi connectivity index (χ0v) is 15.0. The molecule has 3 aromatic rings. The van der Waals surface area contributed by atoms with Gasteiger partial charge in [-0.2, -0.15) is 0 Å². The fourth-order valence-corrected chi connectivity index (χ4v) is 4.16. The predicted octanol–water partition coefficient (Wildman–Crippen LogP) is 3.17. The Hall–Kier alpha value is -2.54. The molecule has 2 aromatic heterocycles. The molecule has 0 atom stereocenters. The van der Waals surface area contributed by atoms with E-state index < -0.39 is 0 Å². The highest BCUT2D eigenvalue weighted by Gasteiger charge is 2.25. The maximum Gasteiger partial charge on any atom is 0.289 e. The molecule has 0 saturated carbocycles. The monoisotopic (exact) mass is 357 g/mol. The number of rotatable bonds is 3. The van der Waals surface area contributed by atoms with E-state index in [0.717, 1.165) is 34.2 Å². The maximum absolute atomic E-state index is 12.4. The summed E-state index contributed by atoms with van der Waals surface area (Å²) in [5.41, 5.74) is 2.11. The van der Waals surface area contributed by atoms with Crippen molar-refractivity contribution in [3.05, 3.63) is 41.9 Å². The minimum atomic E-state index is -0.0496. The molecule has 1 fully saturated rings. The Kier molecular flexibility index (Phi) is 4.09. The van der Waals surface area contributed by atoms with E-state index in [1.807, 2.05) is 11.0 Å². The van der Waals surface area contributed by atoms with Crippen LogP contribution in [0.2, 0.25) is 0 Å². The van der Waals surface area contributed by atoms with Gasteiger partial charge in [0.25, 0.3) is 5.91 Å². The lowest BCUT2D eigenvalue weighted by Crippen LogP contribution is -2.48. The molecule has 3 heterocycles. The number of furan rings is 1. The number of carbonyl (C=O) groups is 1. The molecule has 1 aliphatic heterocycles. The van der Waals surface area contributed by atoms with Gasteiger partial charge in [0, 0.05) is 26.2 Å². The average Bonchev–Trinajstić information content (AvgIpc) is 3.32. The quantitative estimate of drug-likeness (QED) is 0.721. The van der Waals surface area contributed by atoms with Gasteiger partial charge in [-0.3, -0.25) is 4.79 Å². The largest absolute Gasteiger partial charge is 0.494 e. The van der Waals surface area contributed by atoms with Crippen LogP contribution < -0.4 is 9.64 Å². The van der Waals surface area contributed by atoms with Crippen molar-refractivity contribution < 1.29 is 13.9 Å². The topological polar surface area (TPSA) is 58.8 Å². The van der Waals surface area contributed by atoms with E-state index >= 15 is 0 Å². The van der Waals surface area contributed by atoms with Gasteiger partial charge in [-0.15, -0.1) is 0 Å². The van der Waals surface area contributed by atoms with E-state index in [-0.39, 0.29) is 5.91 Å². The summed E-state index contributed by atoms with van der Waals surface area (Å²) in [5, 5.41) is 0.979. The molecule has 0 N–H and O–H groups in total. The Morgan fingerprint density at radius 3 is 2.72 bits per heavy atom. The van der Waals surface area contributed by atoms with Crippen molar-refractivity contribution in [1.29, 1.82) is 0 Å². The molecule has 25 heavy (non-hydrogen) atoms. The number of fused-ring (bicyclic) bond motifs is 1. The molecule has 0 radical (unpaired) electrons. The molecule has 6 nitrogen and oxygen atoms in total. The summed E-state index contributed by atoms with van der Waals surface area (Å²) < 4.78 is 11.8. The van der Waals surface area contributed by atoms with Crippen LogP contribution in [0.15, 0.2) is 34.9 Å². The SMILES string of the molecule is COc1ccc(C)c2sc(N3CCN(C(=O)c4ccco4)CC3)nc12. The lowest BCUT2D eigenvalue weighted by Gasteiger charge is -2.34. The highest BCUT2D eigenvalue weighted by Crippen LogP contribution is 2.36. The van der Waals surface area contributed by atoms with E-state index in [1.54, 1.807) is 30.6 Å². The number of ether oxygens (including phenoxy) is 1. The van der Waals surface area contributed by atoms with Crippen molar-refractivity contribution in [3.63, 3.8) is 0 Å². The first-order chi connectivity index (χ1) is 12.2. The lowest BCUT2D eigenvalue weighted by atomic mass is 10.2. The second kappa shape index (κ2) is 6.40. The third-order valence-corrected chi connectivity index (χ3v) is 5.73. The van der Waals surface area contributed by atoms with E-state index in [1.165, 1.54) is 11.8 Å². The molecule has 1 aromatic carbocycles. The number of benzene rings is 1. The van der Waals surface area contributed by atoms with Crippen LogP contribution in [0.3, 0.4) is 0 Å². The van der Waals surface area contributed by atoms with Crippen LogP contribution in [-0.2, 0) is 0 Å². The number of hydrogen-bond acceptors (Lipinski definition) is 6. The van der Waals surface area contributed by atoms with Gasteiger partial charge < -0.3 is 19.0 Å². The molecular formula is C18H19N3O3S. The predicted molar refractivity (Wildman–Crippen MR) is 97.7 cm³/mol. The minimum absolute atomic E-state index is 0.0496. The number of thiazole rings is 1. The first-order valence-corrected chi connectivity index (χ1v) is 9.01. The van der Waals surface area contributed by atoms with Gasteiger partial charge in [0.2, 0.25) is 0 Å². The molecule has 1 amide bonds. The molecule has 0 bridgehead atoms. The Morgan fingerprint density at radius 1 is 1.24 bits per heavy atom. The molecule has 1 aliphatic rings. The van der Waals surface area contributed by atoms with Crippen LogP contribution in [0.1, 0.15) is 16.1 Å². The second-order valence-corrected chi connectivity index (χ2v) is 6.99. The van der Waals surface area contributed by atoms with Gasteiger partial charge in [0.05, 0.1) is 18.1 Å². The van der Waals surface area contributed by atoms with E-state index in [2.05, 4.69) is 17.9 Å². The van der Waals surface area contributed by atoms with Gasteiger partial charge in [0.15, 0.2) is 10.9 Å². The normalized spacial score (nSPS) is 15.0. The zero-order chi connectivity index (χ0) is 17.4. The number of anilines is 1. The van der Waals surface area contributed by atoms with Crippen molar-refractivity contribution in [2.75, 3.05) is 38.2 Å². The number of amides is 1. The Labute approximate surface area is 149 Å². The average molecular weight is 357 g/mol. The van der Waals surface area contributed by atoms with E-state index in [0.29, 0.717) is 18.8 Å². The summed E-state index contributed by atoms with van der Waals surface area (Å²) in [5.74, 6) is 1.15. The van der Waals surface area contributed by atoms with E-state index in [9.17, 15) is 4.79 Å². The standard InChI is InChI=1S/C18H19N3O3S/c1-12-5-6-13(23-2)15-16(12)25-18(19-15)21-9-7-20(8-10-21)17(22)14-4-3-11-24-14/h3-6,11H,7-10H2,1-2H3. The van der Waals surface area contributed by atoms with Crippen molar-refractivity contribution >= 4 is 32.6 Å². The van der Waals surface area contributed by atoms with Crippen molar-refractivity contribution in [2.45, 2.75) is 6.92 Å². The van der Waals surface area contributed by atoms with Gasteiger partial charge >= 0.3 is 0 Å². The summed E-state index contributed by atoms with van der Waals surface area (Å²) in [6.07, 6.45) is 1.53. The fraction of sp³-hybridized carbons (Fsp3) is 0.333. The third kappa shape index (κ3) is 2.84. The van der Waals surface area contributed by atoms with E-state index in [4.69, 9.17) is 14.1 Å². The number of hydrogen-bond donors (Lipinski definition) is 0. The Bertz CT molecular complexity index is 896. The third-order valence-electron chi connectivity index (χ3n) is 4.48. The highest BCUT2D eigenvalue weighted by molar-refractivity contribution is 7.22. The van der Waals surface area contributed by atoms with Crippen LogP contribution in [0.4, 0.5) is 5.13 Å². The molecule has 0 unspecified atom stereocenters.